The summed E-state index contributed by atoms with van der Waals surface area (Å²) >= 11 is 0. The predicted octanol–water partition coefficient (Wildman–Crippen LogP) is 4.76. The van der Waals surface area contributed by atoms with Gasteiger partial charge in [0, 0.05) is 29.9 Å². The summed E-state index contributed by atoms with van der Waals surface area (Å²) in [6.45, 7) is 6.85. The van der Waals surface area contributed by atoms with Gasteiger partial charge in [0.25, 0.3) is 5.91 Å². The first-order chi connectivity index (χ1) is 15.4. The zero-order valence-corrected chi connectivity index (χ0v) is 18.7. The standard InChI is InChI=1S/C26H29N3O3/c1-17(2)25(30)28-21-10-8-19(9-11-21)15-27-26(31)22-12-13-32-24(22)16-29-18(3)14-20-6-4-5-7-23(20)29/h4-13,17-18H,14-16H2,1-3H3,(H,27,31)(H,28,30). The van der Waals surface area contributed by atoms with E-state index >= 15 is 0 Å². The van der Waals surface area contributed by atoms with E-state index in [-0.39, 0.29) is 17.7 Å². The minimum Gasteiger partial charge on any atom is -0.467 e. The van der Waals surface area contributed by atoms with E-state index in [1.54, 1.807) is 12.3 Å². The molecule has 1 atom stereocenters. The molecule has 0 spiro atoms. The van der Waals surface area contributed by atoms with Crippen molar-refractivity contribution in [3.05, 3.63) is 83.3 Å². The molecule has 32 heavy (non-hydrogen) atoms. The first-order valence-electron chi connectivity index (χ1n) is 11.0. The van der Waals surface area contributed by atoms with Crippen molar-refractivity contribution < 1.29 is 14.0 Å². The molecular formula is C26H29N3O3. The zero-order valence-electron chi connectivity index (χ0n) is 18.7. The van der Waals surface area contributed by atoms with E-state index in [0.29, 0.717) is 30.5 Å². The summed E-state index contributed by atoms with van der Waals surface area (Å²) in [5.74, 6) is 0.410. The van der Waals surface area contributed by atoms with Crippen molar-refractivity contribution in [3.63, 3.8) is 0 Å². The molecule has 2 amide bonds. The molecule has 0 saturated carbocycles. The molecule has 166 valence electrons. The van der Waals surface area contributed by atoms with E-state index in [0.717, 1.165) is 17.7 Å². The van der Waals surface area contributed by atoms with E-state index < -0.39 is 0 Å². The predicted molar refractivity (Wildman–Crippen MR) is 126 cm³/mol. The number of nitrogens with zero attached hydrogens (tertiary/aromatic N) is 1. The van der Waals surface area contributed by atoms with Crippen molar-refractivity contribution in [3.8, 4) is 0 Å². The quantitative estimate of drug-likeness (QED) is 0.566. The second-order valence-corrected chi connectivity index (χ2v) is 8.59. The molecule has 0 aliphatic carbocycles. The molecule has 6 heteroatoms. The third kappa shape index (κ3) is 4.69. The van der Waals surface area contributed by atoms with Gasteiger partial charge < -0.3 is 20.0 Å². The van der Waals surface area contributed by atoms with E-state index in [9.17, 15) is 9.59 Å². The van der Waals surface area contributed by atoms with Gasteiger partial charge in [-0.1, -0.05) is 44.2 Å². The van der Waals surface area contributed by atoms with Crippen LogP contribution in [0.25, 0.3) is 0 Å². The van der Waals surface area contributed by atoms with Crippen LogP contribution in [0.5, 0.6) is 0 Å². The Kier molecular flexibility index (Phi) is 6.30. The van der Waals surface area contributed by atoms with Crippen LogP contribution in [0.2, 0.25) is 0 Å². The highest BCUT2D eigenvalue weighted by Gasteiger charge is 2.27. The molecule has 2 aromatic carbocycles. The number of rotatable bonds is 7. The number of hydrogen-bond donors (Lipinski definition) is 2. The first-order valence-corrected chi connectivity index (χ1v) is 11.0. The number of hydrogen-bond acceptors (Lipinski definition) is 4. The van der Waals surface area contributed by atoms with Crippen LogP contribution in [-0.4, -0.2) is 17.9 Å². The number of para-hydroxylation sites is 1. The van der Waals surface area contributed by atoms with Gasteiger partial charge in [-0.2, -0.15) is 0 Å². The number of fused-ring (bicyclic) bond motifs is 1. The van der Waals surface area contributed by atoms with Gasteiger partial charge in [0.05, 0.1) is 18.4 Å². The van der Waals surface area contributed by atoms with Crippen LogP contribution in [0.4, 0.5) is 11.4 Å². The number of amides is 2. The number of nitrogens with one attached hydrogen (secondary N) is 2. The van der Waals surface area contributed by atoms with Crippen LogP contribution in [0.1, 0.15) is 48.0 Å². The molecule has 1 aromatic heterocycles. The summed E-state index contributed by atoms with van der Waals surface area (Å²) < 4.78 is 5.69. The van der Waals surface area contributed by atoms with Crippen molar-refractivity contribution >= 4 is 23.2 Å². The lowest BCUT2D eigenvalue weighted by molar-refractivity contribution is -0.118. The van der Waals surface area contributed by atoms with Crippen LogP contribution in [0.3, 0.4) is 0 Å². The fourth-order valence-electron chi connectivity index (χ4n) is 3.96. The molecule has 0 saturated heterocycles. The fourth-order valence-corrected chi connectivity index (χ4v) is 3.96. The maximum absolute atomic E-state index is 12.8. The summed E-state index contributed by atoms with van der Waals surface area (Å²) in [5.41, 5.74) is 4.78. The number of carbonyl (C=O) groups excluding carboxylic acids is 2. The molecule has 0 radical (unpaired) electrons. The van der Waals surface area contributed by atoms with Gasteiger partial charge >= 0.3 is 0 Å². The Bertz CT molecular complexity index is 1100. The Labute approximate surface area is 188 Å². The van der Waals surface area contributed by atoms with E-state index in [2.05, 4.69) is 40.7 Å². The van der Waals surface area contributed by atoms with Crippen LogP contribution in [0, 0.1) is 5.92 Å². The van der Waals surface area contributed by atoms with Crippen molar-refractivity contribution in [1.29, 1.82) is 0 Å². The monoisotopic (exact) mass is 431 g/mol. The average Bonchev–Trinajstić information content (AvgIpc) is 3.37. The molecule has 1 aliphatic rings. The van der Waals surface area contributed by atoms with Crippen LogP contribution in [0.15, 0.2) is 65.3 Å². The van der Waals surface area contributed by atoms with Crippen molar-refractivity contribution in [2.75, 3.05) is 10.2 Å². The molecule has 2 heterocycles. The van der Waals surface area contributed by atoms with Gasteiger partial charge in [0.15, 0.2) is 0 Å². The molecule has 6 nitrogen and oxygen atoms in total. The maximum Gasteiger partial charge on any atom is 0.255 e. The first kappa shape index (κ1) is 21.7. The Morgan fingerprint density at radius 3 is 2.59 bits per heavy atom. The third-order valence-electron chi connectivity index (χ3n) is 5.85. The second-order valence-electron chi connectivity index (χ2n) is 8.59. The SMILES string of the molecule is CC(C)C(=O)Nc1ccc(CNC(=O)c2ccoc2CN2c3ccccc3CC2C)cc1. The maximum atomic E-state index is 12.8. The van der Waals surface area contributed by atoms with Crippen molar-refractivity contribution in [1.82, 2.24) is 5.32 Å². The van der Waals surface area contributed by atoms with Gasteiger partial charge in [0.2, 0.25) is 5.91 Å². The lowest BCUT2D eigenvalue weighted by atomic mass is 10.1. The lowest BCUT2D eigenvalue weighted by Gasteiger charge is -2.24. The largest absolute Gasteiger partial charge is 0.467 e. The van der Waals surface area contributed by atoms with Crippen molar-refractivity contribution in [2.24, 2.45) is 5.92 Å². The van der Waals surface area contributed by atoms with Crippen molar-refractivity contribution in [2.45, 2.75) is 46.3 Å². The number of anilines is 2. The lowest BCUT2D eigenvalue weighted by Crippen LogP contribution is -2.30. The summed E-state index contributed by atoms with van der Waals surface area (Å²) in [6, 6.07) is 17.9. The number of furan rings is 1. The van der Waals surface area contributed by atoms with E-state index in [4.69, 9.17) is 4.42 Å². The second kappa shape index (κ2) is 9.30. The fraction of sp³-hybridized carbons (Fsp3) is 0.308. The molecule has 1 aliphatic heterocycles. The molecule has 0 bridgehead atoms. The highest BCUT2D eigenvalue weighted by atomic mass is 16.3. The smallest absolute Gasteiger partial charge is 0.255 e. The van der Waals surface area contributed by atoms with Gasteiger partial charge in [-0.3, -0.25) is 9.59 Å². The molecule has 3 aromatic rings. The topological polar surface area (TPSA) is 74.6 Å². The normalized spacial score (nSPS) is 15.0. The Balaban J connectivity index is 1.37. The molecule has 4 rings (SSSR count). The molecule has 1 unspecified atom stereocenters. The third-order valence-corrected chi connectivity index (χ3v) is 5.85. The molecule has 2 N–H and O–H groups in total. The van der Waals surface area contributed by atoms with Gasteiger partial charge in [-0.25, -0.2) is 0 Å². The van der Waals surface area contributed by atoms with Crippen LogP contribution >= 0.6 is 0 Å². The Morgan fingerprint density at radius 2 is 1.84 bits per heavy atom. The zero-order chi connectivity index (χ0) is 22.7. The highest BCUT2D eigenvalue weighted by molar-refractivity contribution is 5.95. The number of carbonyl (C=O) groups is 2. The average molecular weight is 432 g/mol. The molecular weight excluding hydrogens is 402 g/mol. The summed E-state index contributed by atoms with van der Waals surface area (Å²) in [5, 5.41) is 5.84. The number of benzene rings is 2. The Hall–Kier alpha value is -3.54. The summed E-state index contributed by atoms with van der Waals surface area (Å²) in [6.07, 6.45) is 2.56. The van der Waals surface area contributed by atoms with E-state index in [1.165, 1.54) is 11.3 Å². The minimum atomic E-state index is -0.161. The van der Waals surface area contributed by atoms with Crippen LogP contribution in [-0.2, 0) is 24.3 Å². The minimum absolute atomic E-state index is 0.0199. The Morgan fingerprint density at radius 1 is 1.09 bits per heavy atom. The van der Waals surface area contributed by atoms with Gasteiger partial charge in [-0.15, -0.1) is 0 Å². The summed E-state index contributed by atoms with van der Waals surface area (Å²) in [7, 11) is 0. The molecule has 0 fully saturated rings. The van der Waals surface area contributed by atoms with E-state index in [1.807, 2.05) is 44.2 Å². The van der Waals surface area contributed by atoms with Gasteiger partial charge in [0.1, 0.15) is 5.76 Å². The summed E-state index contributed by atoms with van der Waals surface area (Å²) in [4.78, 5) is 26.9. The van der Waals surface area contributed by atoms with Crippen LogP contribution < -0.4 is 15.5 Å². The van der Waals surface area contributed by atoms with Gasteiger partial charge in [-0.05, 0) is 48.7 Å². The highest BCUT2D eigenvalue weighted by Crippen LogP contribution is 2.33.